The fraction of sp³-hybridized carbons (Fsp3) is 0.571. The molecule has 0 bridgehead atoms. The highest BCUT2D eigenvalue weighted by molar-refractivity contribution is 6.29. The average molecular weight is 293 g/mol. The molecule has 106 valence electrons. The van der Waals surface area contributed by atoms with Crippen LogP contribution in [0, 0.1) is 0 Å². The predicted octanol–water partition coefficient (Wildman–Crippen LogP) is 2.25. The van der Waals surface area contributed by atoms with Gasteiger partial charge in [-0.05, 0) is 37.6 Å². The lowest BCUT2D eigenvalue weighted by Gasteiger charge is -2.25. The lowest BCUT2D eigenvalue weighted by molar-refractivity contribution is -0.0283. The molecule has 2 aliphatic heterocycles. The third-order valence-corrected chi connectivity index (χ3v) is 4.35. The van der Waals surface area contributed by atoms with Crippen molar-refractivity contribution >= 4 is 22.6 Å². The van der Waals surface area contributed by atoms with Crippen LogP contribution in [0.5, 0.6) is 0 Å². The average Bonchev–Trinajstić information content (AvgIpc) is 2.95. The number of nitrogens with zero attached hydrogens (tertiary/aromatic N) is 4. The van der Waals surface area contributed by atoms with Crippen LogP contribution < -0.4 is 0 Å². The molecule has 2 aliphatic rings. The lowest BCUT2D eigenvalue weighted by Crippen LogP contribution is -2.30. The minimum absolute atomic E-state index is 0.350. The van der Waals surface area contributed by atoms with Crippen LogP contribution in [0.2, 0.25) is 5.15 Å². The number of aromatic nitrogens is 3. The minimum Gasteiger partial charge on any atom is -0.377 e. The van der Waals surface area contributed by atoms with E-state index in [4.69, 9.17) is 16.3 Å². The van der Waals surface area contributed by atoms with Crippen LogP contribution in [-0.4, -0.2) is 46.0 Å². The van der Waals surface area contributed by atoms with E-state index in [1.807, 2.05) is 10.7 Å². The Morgan fingerprint density at radius 3 is 2.80 bits per heavy atom. The monoisotopic (exact) mass is 292 g/mol. The number of hydrogen-bond acceptors (Lipinski definition) is 4. The van der Waals surface area contributed by atoms with Crippen LogP contribution >= 0.6 is 11.6 Å². The lowest BCUT2D eigenvalue weighted by atomic mass is 10.2. The van der Waals surface area contributed by atoms with E-state index >= 15 is 0 Å². The van der Waals surface area contributed by atoms with Crippen molar-refractivity contribution < 1.29 is 4.74 Å². The molecular weight excluding hydrogens is 276 g/mol. The zero-order valence-electron chi connectivity index (χ0n) is 11.3. The Balaban J connectivity index is 1.71. The van der Waals surface area contributed by atoms with Crippen molar-refractivity contribution in [2.45, 2.75) is 25.4 Å². The molecule has 0 saturated carbocycles. The summed E-state index contributed by atoms with van der Waals surface area (Å²) >= 11 is 6.14. The second kappa shape index (κ2) is 4.98. The van der Waals surface area contributed by atoms with Crippen molar-refractivity contribution in [3.8, 4) is 0 Å². The van der Waals surface area contributed by atoms with Crippen LogP contribution in [0.1, 0.15) is 24.4 Å². The fourth-order valence-electron chi connectivity index (χ4n) is 2.92. The first-order chi connectivity index (χ1) is 9.79. The van der Waals surface area contributed by atoms with Crippen molar-refractivity contribution in [1.29, 1.82) is 0 Å². The van der Waals surface area contributed by atoms with E-state index in [1.54, 1.807) is 0 Å². The summed E-state index contributed by atoms with van der Waals surface area (Å²) in [5, 5.41) is 6.20. The summed E-state index contributed by atoms with van der Waals surface area (Å²) < 4.78 is 7.21. The summed E-state index contributed by atoms with van der Waals surface area (Å²) in [7, 11) is 0. The standard InChI is InChI=1S/C14H17ClN4O/c15-13-5-10(6-18-3-1-2-4-18)12-7-19(11-8-20-9-11)17-14(12)16-13/h5,7,11H,1-4,6,8-9H2. The first kappa shape index (κ1) is 12.6. The maximum absolute atomic E-state index is 6.14. The molecule has 5 nitrogen and oxygen atoms in total. The molecule has 4 heterocycles. The number of hydrogen-bond donors (Lipinski definition) is 0. The van der Waals surface area contributed by atoms with Gasteiger partial charge in [0.25, 0.3) is 0 Å². The largest absolute Gasteiger partial charge is 0.377 e. The summed E-state index contributed by atoms with van der Waals surface area (Å²) in [6, 6.07) is 2.33. The summed E-state index contributed by atoms with van der Waals surface area (Å²) in [4.78, 5) is 6.81. The molecule has 6 heteroatoms. The van der Waals surface area contributed by atoms with Crippen molar-refractivity contribution in [2.75, 3.05) is 26.3 Å². The van der Waals surface area contributed by atoms with Gasteiger partial charge in [0.2, 0.25) is 0 Å². The van der Waals surface area contributed by atoms with Gasteiger partial charge in [-0.2, -0.15) is 5.10 Å². The van der Waals surface area contributed by atoms with Gasteiger partial charge in [-0.25, -0.2) is 4.98 Å². The Morgan fingerprint density at radius 1 is 1.30 bits per heavy atom. The fourth-order valence-corrected chi connectivity index (χ4v) is 3.13. The first-order valence-electron chi connectivity index (χ1n) is 7.14. The van der Waals surface area contributed by atoms with E-state index in [0.29, 0.717) is 11.2 Å². The van der Waals surface area contributed by atoms with E-state index in [9.17, 15) is 0 Å². The Bertz CT molecular complexity index is 631. The van der Waals surface area contributed by atoms with Crippen molar-refractivity contribution in [3.05, 3.63) is 23.0 Å². The molecule has 2 saturated heterocycles. The number of ether oxygens (including phenoxy) is 1. The van der Waals surface area contributed by atoms with E-state index in [1.165, 1.54) is 31.5 Å². The molecule has 0 atom stereocenters. The zero-order chi connectivity index (χ0) is 13.5. The summed E-state index contributed by atoms with van der Waals surface area (Å²) in [5.41, 5.74) is 1.98. The van der Waals surface area contributed by atoms with Crippen LogP contribution in [0.15, 0.2) is 12.3 Å². The molecule has 4 rings (SSSR count). The molecule has 0 amide bonds. The van der Waals surface area contributed by atoms with Gasteiger partial charge >= 0.3 is 0 Å². The Labute approximate surface area is 122 Å². The number of fused-ring (bicyclic) bond motifs is 1. The molecule has 0 aromatic carbocycles. The van der Waals surface area contributed by atoms with Crippen molar-refractivity contribution in [1.82, 2.24) is 19.7 Å². The molecule has 2 fully saturated rings. The first-order valence-corrected chi connectivity index (χ1v) is 7.52. The number of rotatable bonds is 3. The quantitative estimate of drug-likeness (QED) is 0.814. The molecule has 0 N–H and O–H groups in total. The molecule has 0 radical (unpaired) electrons. The molecule has 0 unspecified atom stereocenters. The Hall–Kier alpha value is -1.17. The minimum atomic E-state index is 0.350. The Kier molecular flexibility index (Phi) is 3.13. The van der Waals surface area contributed by atoms with Crippen molar-refractivity contribution in [3.63, 3.8) is 0 Å². The van der Waals surface area contributed by atoms with Crippen LogP contribution in [0.3, 0.4) is 0 Å². The van der Waals surface area contributed by atoms with Gasteiger partial charge in [-0.1, -0.05) is 11.6 Å². The molecule has 2 aromatic heterocycles. The van der Waals surface area contributed by atoms with Gasteiger partial charge in [-0.3, -0.25) is 9.58 Å². The predicted molar refractivity (Wildman–Crippen MR) is 76.9 cm³/mol. The van der Waals surface area contributed by atoms with Gasteiger partial charge in [0.1, 0.15) is 5.15 Å². The maximum Gasteiger partial charge on any atom is 0.182 e. The van der Waals surface area contributed by atoms with Gasteiger partial charge in [0, 0.05) is 18.1 Å². The number of pyridine rings is 1. The second-order valence-electron chi connectivity index (χ2n) is 5.63. The molecule has 0 aliphatic carbocycles. The molecule has 2 aromatic rings. The van der Waals surface area contributed by atoms with Gasteiger partial charge in [-0.15, -0.1) is 0 Å². The van der Waals surface area contributed by atoms with Gasteiger partial charge in [0.15, 0.2) is 5.65 Å². The topological polar surface area (TPSA) is 43.2 Å². The smallest absolute Gasteiger partial charge is 0.182 e. The molecule has 20 heavy (non-hydrogen) atoms. The highest BCUT2D eigenvalue weighted by Gasteiger charge is 2.23. The SMILES string of the molecule is Clc1cc(CN2CCCC2)c2cn(C3COC3)nc2n1. The zero-order valence-corrected chi connectivity index (χ0v) is 12.0. The molecular formula is C14H17ClN4O. The van der Waals surface area contributed by atoms with E-state index < -0.39 is 0 Å². The third kappa shape index (κ3) is 2.20. The third-order valence-electron chi connectivity index (χ3n) is 4.15. The van der Waals surface area contributed by atoms with Gasteiger partial charge < -0.3 is 4.74 Å². The van der Waals surface area contributed by atoms with Crippen LogP contribution in [0.4, 0.5) is 0 Å². The number of halogens is 1. The van der Waals surface area contributed by atoms with Crippen LogP contribution in [-0.2, 0) is 11.3 Å². The van der Waals surface area contributed by atoms with E-state index in [0.717, 1.165) is 30.8 Å². The Morgan fingerprint density at radius 2 is 2.10 bits per heavy atom. The highest BCUT2D eigenvalue weighted by atomic mass is 35.5. The normalized spacial score (nSPS) is 20.6. The maximum atomic E-state index is 6.14. The van der Waals surface area contributed by atoms with E-state index in [-0.39, 0.29) is 0 Å². The summed E-state index contributed by atoms with van der Waals surface area (Å²) in [6.07, 6.45) is 4.68. The molecule has 0 spiro atoms. The van der Waals surface area contributed by atoms with E-state index in [2.05, 4.69) is 21.2 Å². The number of likely N-dealkylation sites (tertiary alicyclic amines) is 1. The van der Waals surface area contributed by atoms with Gasteiger partial charge in [0.05, 0.1) is 19.3 Å². The summed E-state index contributed by atoms with van der Waals surface area (Å²) in [6.45, 7) is 4.76. The highest BCUT2D eigenvalue weighted by Crippen LogP contribution is 2.25. The summed E-state index contributed by atoms with van der Waals surface area (Å²) in [5.74, 6) is 0. The van der Waals surface area contributed by atoms with Crippen LogP contribution in [0.25, 0.3) is 11.0 Å². The van der Waals surface area contributed by atoms with Crippen molar-refractivity contribution in [2.24, 2.45) is 0 Å². The second-order valence-corrected chi connectivity index (χ2v) is 6.01.